The summed E-state index contributed by atoms with van der Waals surface area (Å²) >= 11 is 5.91. The molecule has 5 nitrogen and oxygen atoms in total. The number of carbonyl (C=O) groups is 1. The van der Waals surface area contributed by atoms with Crippen LogP contribution in [0, 0.1) is 0 Å². The lowest BCUT2D eigenvalue weighted by atomic mass is 10.1. The summed E-state index contributed by atoms with van der Waals surface area (Å²) in [7, 11) is 3.19. The van der Waals surface area contributed by atoms with Gasteiger partial charge in [0.1, 0.15) is 0 Å². The van der Waals surface area contributed by atoms with Gasteiger partial charge in [-0.25, -0.2) is 0 Å². The van der Waals surface area contributed by atoms with Gasteiger partial charge in [-0.15, -0.1) is 0 Å². The molecule has 0 aliphatic carbocycles. The van der Waals surface area contributed by atoms with Crippen LogP contribution in [0.1, 0.15) is 10.4 Å². The molecule has 2 N–H and O–H groups in total. The summed E-state index contributed by atoms with van der Waals surface area (Å²) < 4.78 is 10.0. The van der Waals surface area contributed by atoms with Gasteiger partial charge in [-0.05, 0) is 18.2 Å². The number of halogens is 1. The molecule has 0 spiro atoms. The lowest BCUT2D eigenvalue weighted by molar-refractivity contribution is 0.0627. The van der Waals surface area contributed by atoms with E-state index in [0.717, 1.165) is 0 Å². The van der Waals surface area contributed by atoms with E-state index in [4.69, 9.17) is 26.8 Å². The minimum Gasteiger partial charge on any atom is -0.399 e. The van der Waals surface area contributed by atoms with Crippen molar-refractivity contribution in [1.82, 2.24) is 4.90 Å². The first-order valence-corrected chi connectivity index (χ1v) is 6.29. The Labute approximate surface area is 118 Å². The Balaban J connectivity index is 2.84. The molecule has 0 saturated heterocycles. The van der Waals surface area contributed by atoms with Crippen LogP contribution in [0.3, 0.4) is 0 Å². The van der Waals surface area contributed by atoms with Crippen LogP contribution in [-0.4, -0.2) is 51.3 Å². The molecule has 0 bridgehead atoms. The summed E-state index contributed by atoms with van der Waals surface area (Å²) in [6, 6.07) is 4.82. The van der Waals surface area contributed by atoms with Gasteiger partial charge in [-0.2, -0.15) is 0 Å². The summed E-state index contributed by atoms with van der Waals surface area (Å²) in [5.74, 6) is -0.136. The zero-order chi connectivity index (χ0) is 14.3. The molecule has 0 atom stereocenters. The molecule has 0 aromatic heterocycles. The molecule has 19 heavy (non-hydrogen) atoms. The molecule has 106 valence electrons. The predicted octanol–water partition coefficient (Wildman–Crippen LogP) is 1.66. The molecule has 0 aliphatic heterocycles. The highest BCUT2D eigenvalue weighted by Crippen LogP contribution is 2.18. The Kier molecular flexibility index (Phi) is 6.62. The van der Waals surface area contributed by atoms with Crippen LogP contribution in [0.4, 0.5) is 5.69 Å². The van der Waals surface area contributed by atoms with Gasteiger partial charge in [-0.3, -0.25) is 4.79 Å². The molecule has 1 aromatic carbocycles. The number of rotatable bonds is 7. The number of hydrogen-bond acceptors (Lipinski definition) is 4. The van der Waals surface area contributed by atoms with Gasteiger partial charge < -0.3 is 20.1 Å². The Morgan fingerprint density at radius 1 is 1.21 bits per heavy atom. The minimum absolute atomic E-state index is 0.136. The molecule has 0 aliphatic rings. The molecule has 6 heteroatoms. The molecule has 0 fully saturated rings. The van der Waals surface area contributed by atoms with E-state index in [-0.39, 0.29) is 5.91 Å². The Morgan fingerprint density at radius 3 is 2.26 bits per heavy atom. The molecule has 0 saturated carbocycles. The van der Waals surface area contributed by atoms with Gasteiger partial charge in [-0.1, -0.05) is 11.6 Å². The molecule has 0 unspecified atom stereocenters. The maximum Gasteiger partial charge on any atom is 0.254 e. The Bertz CT molecular complexity index is 398. The van der Waals surface area contributed by atoms with Crippen molar-refractivity contribution < 1.29 is 14.3 Å². The fraction of sp³-hybridized carbons (Fsp3) is 0.462. The fourth-order valence-electron chi connectivity index (χ4n) is 1.64. The number of nitrogens with zero attached hydrogens (tertiary/aromatic N) is 1. The first-order valence-electron chi connectivity index (χ1n) is 5.91. The second-order valence-electron chi connectivity index (χ2n) is 4.05. The SMILES string of the molecule is COCCN(CCOC)C(=O)c1cc(N)cc(Cl)c1. The van der Waals surface area contributed by atoms with E-state index < -0.39 is 0 Å². The first kappa shape index (κ1) is 15.8. The van der Waals surface area contributed by atoms with Crippen LogP contribution in [0.25, 0.3) is 0 Å². The summed E-state index contributed by atoms with van der Waals surface area (Å²) in [5, 5.41) is 0.446. The van der Waals surface area contributed by atoms with E-state index in [0.29, 0.717) is 42.6 Å². The predicted molar refractivity (Wildman–Crippen MR) is 75.5 cm³/mol. The highest BCUT2D eigenvalue weighted by atomic mass is 35.5. The highest BCUT2D eigenvalue weighted by molar-refractivity contribution is 6.31. The van der Waals surface area contributed by atoms with Crippen molar-refractivity contribution in [1.29, 1.82) is 0 Å². The van der Waals surface area contributed by atoms with E-state index in [2.05, 4.69) is 0 Å². The smallest absolute Gasteiger partial charge is 0.254 e. The van der Waals surface area contributed by atoms with Gasteiger partial charge in [0.2, 0.25) is 0 Å². The van der Waals surface area contributed by atoms with Gasteiger partial charge in [0.25, 0.3) is 5.91 Å². The maximum absolute atomic E-state index is 12.4. The molecule has 1 rings (SSSR count). The number of carbonyl (C=O) groups excluding carboxylic acids is 1. The van der Waals surface area contributed by atoms with Crippen molar-refractivity contribution in [3.8, 4) is 0 Å². The number of amides is 1. The average Bonchev–Trinajstić information content (AvgIpc) is 2.37. The second-order valence-corrected chi connectivity index (χ2v) is 4.49. The van der Waals surface area contributed by atoms with Crippen molar-refractivity contribution in [2.75, 3.05) is 46.3 Å². The topological polar surface area (TPSA) is 64.8 Å². The monoisotopic (exact) mass is 286 g/mol. The third-order valence-electron chi connectivity index (χ3n) is 2.58. The summed E-state index contributed by atoms with van der Waals surface area (Å²) in [4.78, 5) is 14.0. The van der Waals surface area contributed by atoms with Crippen LogP contribution < -0.4 is 5.73 Å². The van der Waals surface area contributed by atoms with Gasteiger partial charge >= 0.3 is 0 Å². The van der Waals surface area contributed by atoms with Gasteiger partial charge in [0.15, 0.2) is 0 Å². The Morgan fingerprint density at radius 2 is 1.79 bits per heavy atom. The number of ether oxygens (including phenoxy) is 2. The minimum atomic E-state index is -0.136. The quantitative estimate of drug-likeness (QED) is 0.774. The molecule has 0 heterocycles. The van der Waals surface area contributed by atoms with Crippen LogP contribution in [-0.2, 0) is 9.47 Å². The van der Waals surface area contributed by atoms with Crippen molar-refractivity contribution in [3.63, 3.8) is 0 Å². The first-order chi connectivity index (χ1) is 9.08. The molecular weight excluding hydrogens is 268 g/mol. The highest BCUT2D eigenvalue weighted by Gasteiger charge is 2.16. The lowest BCUT2D eigenvalue weighted by Gasteiger charge is -2.22. The summed E-state index contributed by atoms with van der Waals surface area (Å²) in [6.07, 6.45) is 0. The second kappa shape index (κ2) is 7.99. The summed E-state index contributed by atoms with van der Waals surface area (Å²) in [6.45, 7) is 1.91. The Hall–Kier alpha value is -1.30. The normalized spacial score (nSPS) is 10.5. The summed E-state index contributed by atoms with van der Waals surface area (Å²) in [5.41, 5.74) is 6.63. The number of nitrogen functional groups attached to an aromatic ring is 1. The third kappa shape index (κ3) is 5.06. The van der Waals surface area contributed by atoms with Crippen molar-refractivity contribution in [2.24, 2.45) is 0 Å². The van der Waals surface area contributed by atoms with Crippen LogP contribution >= 0.6 is 11.6 Å². The van der Waals surface area contributed by atoms with Gasteiger partial charge in [0.05, 0.1) is 13.2 Å². The van der Waals surface area contributed by atoms with E-state index in [1.54, 1.807) is 37.3 Å². The molecule has 1 amide bonds. The van der Waals surface area contributed by atoms with Crippen LogP contribution in [0.2, 0.25) is 5.02 Å². The van der Waals surface area contributed by atoms with Crippen LogP contribution in [0.5, 0.6) is 0 Å². The third-order valence-corrected chi connectivity index (χ3v) is 2.80. The van der Waals surface area contributed by atoms with E-state index >= 15 is 0 Å². The molecule has 0 radical (unpaired) electrons. The number of hydrogen-bond donors (Lipinski definition) is 1. The largest absolute Gasteiger partial charge is 0.399 e. The average molecular weight is 287 g/mol. The zero-order valence-corrected chi connectivity index (χ0v) is 11.9. The fourth-order valence-corrected chi connectivity index (χ4v) is 1.88. The van der Waals surface area contributed by atoms with E-state index in [9.17, 15) is 4.79 Å². The maximum atomic E-state index is 12.4. The standard InChI is InChI=1S/C13H19ClN2O3/c1-18-5-3-16(4-6-19-2)13(17)10-7-11(14)9-12(15)8-10/h7-9H,3-6,15H2,1-2H3. The van der Waals surface area contributed by atoms with E-state index in [1.165, 1.54) is 0 Å². The number of nitrogens with two attached hydrogens (primary N) is 1. The number of methoxy groups -OCH3 is 2. The van der Waals surface area contributed by atoms with Crippen molar-refractivity contribution in [3.05, 3.63) is 28.8 Å². The van der Waals surface area contributed by atoms with Crippen molar-refractivity contribution in [2.45, 2.75) is 0 Å². The molecular formula is C13H19ClN2O3. The van der Waals surface area contributed by atoms with Gasteiger partial charge in [0, 0.05) is 43.6 Å². The lowest BCUT2D eigenvalue weighted by Crippen LogP contribution is -2.36. The number of benzene rings is 1. The zero-order valence-electron chi connectivity index (χ0n) is 11.2. The van der Waals surface area contributed by atoms with Crippen molar-refractivity contribution >= 4 is 23.2 Å². The van der Waals surface area contributed by atoms with Crippen LogP contribution in [0.15, 0.2) is 18.2 Å². The number of anilines is 1. The van der Waals surface area contributed by atoms with E-state index in [1.807, 2.05) is 0 Å². The molecule has 1 aromatic rings.